The number of para-hydroxylation sites is 1. The van der Waals surface area contributed by atoms with Crippen molar-refractivity contribution >= 4 is 35.0 Å². The van der Waals surface area contributed by atoms with E-state index in [9.17, 15) is 9.59 Å². The molecule has 0 unspecified atom stereocenters. The van der Waals surface area contributed by atoms with Gasteiger partial charge in [0.15, 0.2) is 0 Å². The summed E-state index contributed by atoms with van der Waals surface area (Å²) in [6.45, 7) is 0.391. The summed E-state index contributed by atoms with van der Waals surface area (Å²) in [5.41, 5.74) is 2.35. The molecule has 0 radical (unpaired) electrons. The van der Waals surface area contributed by atoms with Crippen LogP contribution in [0, 0.1) is 0 Å². The second-order valence-electron chi connectivity index (χ2n) is 5.90. The Balaban J connectivity index is 1.64. The molecule has 0 aliphatic rings. The highest BCUT2D eigenvalue weighted by Crippen LogP contribution is 2.20. The van der Waals surface area contributed by atoms with Crippen LogP contribution in [-0.4, -0.2) is 24.0 Å². The van der Waals surface area contributed by atoms with Crippen LogP contribution in [0.4, 0.5) is 11.5 Å². The number of nitrogens with zero attached hydrogens (tertiary/aromatic N) is 1. The zero-order chi connectivity index (χ0) is 19.9. The van der Waals surface area contributed by atoms with Crippen molar-refractivity contribution in [3.05, 3.63) is 88.6 Å². The first-order chi connectivity index (χ1) is 13.6. The molecule has 1 amide bonds. The third-order valence-corrected chi connectivity index (χ3v) is 4.24. The molecule has 0 saturated carbocycles. The predicted octanol–water partition coefficient (Wildman–Crippen LogP) is 4.20. The minimum atomic E-state index is -0.443. The van der Waals surface area contributed by atoms with E-state index < -0.39 is 5.97 Å². The summed E-state index contributed by atoms with van der Waals surface area (Å²) in [5, 5.41) is 6.54. The quantitative estimate of drug-likeness (QED) is 0.611. The Labute approximate surface area is 167 Å². The monoisotopic (exact) mass is 395 g/mol. The minimum absolute atomic E-state index is 0.232. The van der Waals surface area contributed by atoms with Gasteiger partial charge in [-0.1, -0.05) is 35.9 Å². The van der Waals surface area contributed by atoms with Crippen LogP contribution < -0.4 is 10.6 Å². The first-order valence-corrected chi connectivity index (χ1v) is 8.87. The second-order valence-corrected chi connectivity index (χ2v) is 6.34. The van der Waals surface area contributed by atoms with Gasteiger partial charge in [-0.15, -0.1) is 0 Å². The van der Waals surface area contributed by atoms with Gasteiger partial charge in [0, 0.05) is 17.8 Å². The van der Waals surface area contributed by atoms with Crippen molar-refractivity contribution in [2.24, 2.45) is 0 Å². The Morgan fingerprint density at radius 1 is 1.04 bits per heavy atom. The summed E-state index contributed by atoms with van der Waals surface area (Å²) in [6.07, 6.45) is 1.47. The number of anilines is 2. The SMILES string of the molecule is COC(=O)c1ccccc1Nc1ccc(C(=O)NCc2ccc(Cl)cc2)cn1. The van der Waals surface area contributed by atoms with Crippen LogP contribution in [0.5, 0.6) is 0 Å². The van der Waals surface area contributed by atoms with Gasteiger partial charge in [0.1, 0.15) is 5.82 Å². The number of benzene rings is 2. The van der Waals surface area contributed by atoms with Gasteiger partial charge >= 0.3 is 5.97 Å². The van der Waals surface area contributed by atoms with Gasteiger partial charge in [-0.3, -0.25) is 4.79 Å². The maximum atomic E-state index is 12.3. The summed E-state index contributed by atoms with van der Waals surface area (Å²) < 4.78 is 4.78. The normalized spacial score (nSPS) is 10.2. The van der Waals surface area contributed by atoms with Crippen LogP contribution in [0.25, 0.3) is 0 Å². The molecule has 7 heteroatoms. The molecule has 142 valence electrons. The maximum Gasteiger partial charge on any atom is 0.339 e. The third kappa shape index (κ3) is 4.86. The highest BCUT2D eigenvalue weighted by atomic mass is 35.5. The van der Waals surface area contributed by atoms with E-state index >= 15 is 0 Å². The molecule has 0 bridgehead atoms. The molecule has 28 heavy (non-hydrogen) atoms. The number of halogens is 1. The van der Waals surface area contributed by atoms with Crippen LogP contribution in [0.3, 0.4) is 0 Å². The standard InChI is InChI=1S/C21H18ClN3O3/c1-28-21(27)17-4-2-3-5-18(17)25-19-11-8-15(13-23-19)20(26)24-12-14-6-9-16(22)10-7-14/h2-11,13H,12H2,1H3,(H,23,25)(H,24,26). The van der Waals surface area contributed by atoms with Crippen molar-refractivity contribution < 1.29 is 14.3 Å². The van der Waals surface area contributed by atoms with E-state index in [-0.39, 0.29) is 5.91 Å². The maximum absolute atomic E-state index is 12.3. The number of hydrogen-bond donors (Lipinski definition) is 2. The lowest BCUT2D eigenvalue weighted by molar-refractivity contribution is 0.0601. The van der Waals surface area contributed by atoms with Crippen molar-refractivity contribution in [1.82, 2.24) is 10.3 Å². The van der Waals surface area contributed by atoms with Crippen molar-refractivity contribution in [3.63, 3.8) is 0 Å². The van der Waals surface area contributed by atoms with Crippen molar-refractivity contribution in [3.8, 4) is 0 Å². The van der Waals surface area contributed by atoms with E-state index in [1.807, 2.05) is 12.1 Å². The molecular weight excluding hydrogens is 378 g/mol. The first-order valence-electron chi connectivity index (χ1n) is 8.50. The van der Waals surface area contributed by atoms with E-state index in [0.29, 0.717) is 34.2 Å². The second kappa shape index (κ2) is 9.01. The largest absolute Gasteiger partial charge is 0.465 e. The first kappa shape index (κ1) is 19.4. The minimum Gasteiger partial charge on any atom is -0.465 e. The number of ether oxygens (including phenoxy) is 1. The molecule has 1 heterocycles. The highest BCUT2D eigenvalue weighted by molar-refractivity contribution is 6.30. The average Bonchev–Trinajstić information content (AvgIpc) is 2.73. The predicted molar refractivity (Wildman–Crippen MR) is 108 cm³/mol. The number of carbonyl (C=O) groups is 2. The Kier molecular flexibility index (Phi) is 6.24. The number of pyridine rings is 1. The lowest BCUT2D eigenvalue weighted by Gasteiger charge is -2.10. The number of nitrogens with one attached hydrogen (secondary N) is 2. The summed E-state index contributed by atoms with van der Waals surface area (Å²) in [5.74, 6) is -0.170. The number of methoxy groups -OCH3 is 1. The Morgan fingerprint density at radius 2 is 1.79 bits per heavy atom. The Bertz CT molecular complexity index is 973. The number of hydrogen-bond acceptors (Lipinski definition) is 5. The van der Waals surface area contributed by atoms with Gasteiger partial charge in [0.25, 0.3) is 5.91 Å². The summed E-state index contributed by atoms with van der Waals surface area (Å²) in [7, 11) is 1.33. The van der Waals surface area contributed by atoms with Gasteiger partial charge < -0.3 is 15.4 Å². The fraction of sp³-hybridized carbons (Fsp3) is 0.0952. The van der Waals surface area contributed by atoms with Crippen LogP contribution in [0.15, 0.2) is 66.9 Å². The van der Waals surface area contributed by atoms with E-state index in [0.717, 1.165) is 5.56 Å². The number of carbonyl (C=O) groups excluding carboxylic acids is 2. The van der Waals surface area contributed by atoms with Gasteiger partial charge in [0.2, 0.25) is 0 Å². The smallest absolute Gasteiger partial charge is 0.339 e. The van der Waals surface area contributed by atoms with E-state index in [1.165, 1.54) is 13.3 Å². The summed E-state index contributed by atoms with van der Waals surface area (Å²) in [4.78, 5) is 28.4. The van der Waals surface area contributed by atoms with Crippen molar-refractivity contribution in [2.45, 2.75) is 6.54 Å². The molecule has 2 aromatic carbocycles. The zero-order valence-electron chi connectivity index (χ0n) is 15.1. The molecular formula is C21H18ClN3O3. The number of esters is 1. The Hall–Kier alpha value is -3.38. The lowest BCUT2D eigenvalue weighted by atomic mass is 10.1. The van der Waals surface area contributed by atoms with Crippen LogP contribution in [0.2, 0.25) is 5.02 Å². The molecule has 0 atom stereocenters. The molecule has 0 fully saturated rings. The number of aromatic nitrogens is 1. The van der Waals surface area contributed by atoms with Gasteiger partial charge in [-0.25, -0.2) is 9.78 Å². The van der Waals surface area contributed by atoms with Crippen LogP contribution in [-0.2, 0) is 11.3 Å². The molecule has 0 saturated heterocycles. The summed E-state index contributed by atoms with van der Waals surface area (Å²) in [6, 6.07) is 17.5. The third-order valence-electron chi connectivity index (χ3n) is 3.99. The molecule has 0 aliphatic carbocycles. The van der Waals surface area contributed by atoms with Gasteiger partial charge in [-0.2, -0.15) is 0 Å². The molecule has 0 spiro atoms. The molecule has 6 nitrogen and oxygen atoms in total. The Morgan fingerprint density at radius 3 is 2.46 bits per heavy atom. The van der Waals surface area contributed by atoms with Gasteiger partial charge in [-0.05, 0) is 42.0 Å². The topological polar surface area (TPSA) is 80.3 Å². The average molecular weight is 396 g/mol. The van der Waals surface area contributed by atoms with Crippen LogP contribution in [0.1, 0.15) is 26.3 Å². The van der Waals surface area contributed by atoms with Crippen LogP contribution >= 0.6 is 11.6 Å². The molecule has 2 N–H and O–H groups in total. The highest BCUT2D eigenvalue weighted by Gasteiger charge is 2.12. The molecule has 3 rings (SSSR count). The van der Waals surface area contributed by atoms with E-state index in [4.69, 9.17) is 16.3 Å². The zero-order valence-corrected chi connectivity index (χ0v) is 15.9. The fourth-order valence-electron chi connectivity index (χ4n) is 2.51. The van der Waals surface area contributed by atoms with Crippen molar-refractivity contribution in [1.29, 1.82) is 0 Å². The van der Waals surface area contributed by atoms with E-state index in [2.05, 4.69) is 15.6 Å². The van der Waals surface area contributed by atoms with Crippen molar-refractivity contribution in [2.75, 3.05) is 12.4 Å². The fourth-order valence-corrected chi connectivity index (χ4v) is 2.63. The molecule has 3 aromatic rings. The number of rotatable bonds is 6. The number of amides is 1. The van der Waals surface area contributed by atoms with E-state index in [1.54, 1.807) is 48.5 Å². The lowest BCUT2D eigenvalue weighted by Crippen LogP contribution is -2.22. The molecule has 1 aromatic heterocycles. The van der Waals surface area contributed by atoms with Gasteiger partial charge in [0.05, 0.1) is 23.9 Å². The summed E-state index contributed by atoms with van der Waals surface area (Å²) >= 11 is 5.85. The molecule has 0 aliphatic heterocycles.